The van der Waals surface area contributed by atoms with Crippen molar-refractivity contribution in [2.45, 2.75) is 38.8 Å². The molecule has 2 aliphatic rings. The van der Waals surface area contributed by atoms with Crippen molar-refractivity contribution in [1.82, 2.24) is 14.9 Å². The molecule has 1 fully saturated rings. The maximum absolute atomic E-state index is 12.4. The third-order valence-electron chi connectivity index (χ3n) is 5.35. The van der Waals surface area contributed by atoms with Gasteiger partial charge in [-0.05, 0) is 47.2 Å². The normalized spacial score (nSPS) is 17.6. The number of H-pyrrole nitrogens is 1. The van der Waals surface area contributed by atoms with Crippen LogP contribution >= 0.6 is 27.3 Å². The molecule has 0 saturated heterocycles. The summed E-state index contributed by atoms with van der Waals surface area (Å²) >= 11 is 5.63. The van der Waals surface area contributed by atoms with Crippen molar-refractivity contribution in [1.29, 1.82) is 0 Å². The largest absolute Gasteiger partial charge is 0.310 e. The molecule has 4 nitrogen and oxygen atoms in total. The van der Waals surface area contributed by atoms with Gasteiger partial charge in [-0.2, -0.15) is 0 Å². The van der Waals surface area contributed by atoms with Crippen LogP contribution in [0.2, 0.25) is 0 Å². The van der Waals surface area contributed by atoms with Gasteiger partial charge in [-0.25, -0.2) is 4.98 Å². The van der Waals surface area contributed by atoms with Gasteiger partial charge in [0.25, 0.3) is 5.56 Å². The topological polar surface area (TPSA) is 49.0 Å². The van der Waals surface area contributed by atoms with Crippen molar-refractivity contribution in [3.8, 4) is 0 Å². The molecule has 6 heteroatoms. The van der Waals surface area contributed by atoms with Crippen molar-refractivity contribution in [3.05, 3.63) is 61.1 Å². The van der Waals surface area contributed by atoms with Gasteiger partial charge in [-0.3, -0.25) is 9.69 Å². The summed E-state index contributed by atoms with van der Waals surface area (Å²) in [5, 5.41) is 1.28. The van der Waals surface area contributed by atoms with Gasteiger partial charge in [-0.15, -0.1) is 11.3 Å². The van der Waals surface area contributed by atoms with E-state index in [-0.39, 0.29) is 5.56 Å². The molecule has 3 heterocycles. The maximum Gasteiger partial charge on any atom is 0.254 e. The summed E-state index contributed by atoms with van der Waals surface area (Å²) < 4.78 is 2.52. The van der Waals surface area contributed by atoms with Crippen LogP contribution in [0.4, 0.5) is 0 Å². The van der Waals surface area contributed by atoms with Gasteiger partial charge in [-0.1, -0.05) is 18.2 Å². The molecule has 5 rings (SSSR count). The van der Waals surface area contributed by atoms with E-state index in [4.69, 9.17) is 4.98 Å². The SMILES string of the molecule is O=c1[nH]c(CC2CC2)nc2c1CCN(Cc1sc3ccccc3c1Br)C2. The van der Waals surface area contributed by atoms with E-state index in [0.29, 0.717) is 0 Å². The number of thiophene rings is 1. The fourth-order valence-electron chi connectivity index (χ4n) is 3.74. The molecule has 0 bridgehead atoms. The van der Waals surface area contributed by atoms with Crippen LogP contribution in [0.5, 0.6) is 0 Å². The molecule has 1 aromatic carbocycles. The number of hydrogen-bond donors (Lipinski definition) is 1. The molecule has 26 heavy (non-hydrogen) atoms. The van der Waals surface area contributed by atoms with Crippen molar-refractivity contribution in [2.24, 2.45) is 5.92 Å². The minimum Gasteiger partial charge on any atom is -0.310 e. The zero-order valence-corrected chi connectivity index (χ0v) is 16.8. The van der Waals surface area contributed by atoms with Crippen molar-refractivity contribution in [3.63, 3.8) is 0 Å². The molecule has 2 aromatic heterocycles. The standard InChI is InChI=1S/C20H20BrN3OS/c21-19-14-3-1-2-4-16(14)26-17(19)11-24-8-7-13-15(10-24)22-18(23-20(13)25)9-12-5-6-12/h1-4,12H,5-11H2,(H,22,23,25). The Bertz CT molecular complexity index is 1040. The average molecular weight is 430 g/mol. The Morgan fingerprint density at radius 2 is 2.15 bits per heavy atom. The van der Waals surface area contributed by atoms with E-state index in [1.54, 1.807) is 0 Å². The highest BCUT2D eigenvalue weighted by molar-refractivity contribution is 9.10. The van der Waals surface area contributed by atoms with Crippen LogP contribution in [0.15, 0.2) is 33.5 Å². The highest BCUT2D eigenvalue weighted by atomic mass is 79.9. The molecule has 1 aliphatic carbocycles. The summed E-state index contributed by atoms with van der Waals surface area (Å²) in [7, 11) is 0. The van der Waals surface area contributed by atoms with Crippen LogP contribution in [-0.2, 0) is 25.9 Å². The van der Waals surface area contributed by atoms with E-state index in [9.17, 15) is 4.79 Å². The van der Waals surface area contributed by atoms with Gasteiger partial charge in [0.1, 0.15) is 5.82 Å². The van der Waals surface area contributed by atoms with Gasteiger partial charge in [0.2, 0.25) is 0 Å². The quantitative estimate of drug-likeness (QED) is 0.673. The fraction of sp³-hybridized carbons (Fsp3) is 0.400. The summed E-state index contributed by atoms with van der Waals surface area (Å²) in [6.45, 7) is 2.56. The highest BCUT2D eigenvalue weighted by Gasteiger charge is 2.26. The van der Waals surface area contributed by atoms with Crippen LogP contribution in [-0.4, -0.2) is 21.4 Å². The van der Waals surface area contributed by atoms with Crippen LogP contribution < -0.4 is 5.56 Å². The van der Waals surface area contributed by atoms with Crippen LogP contribution in [0.3, 0.4) is 0 Å². The van der Waals surface area contributed by atoms with Crippen LogP contribution in [0.25, 0.3) is 10.1 Å². The molecular formula is C20H20BrN3OS. The van der Waals surface area contributed by atoms with Crippen molar-refractivity contribution < 1.29 is 0 Å². The molecule has 134 valence electrons. The second kappa shape index (κ2) is 6.59. The lowest BCUT2D eigenvalue weighted by molar-refractivity contribution is 0.241. The molecule has 1 aliphatic heterocycles. The first-order valence-electron chi connectivity index (χ1n) is 9.16. The minimum absolute atomic E-state index is 0.0772. The number of nitrogens with zero attached hydrogens (tertiary/aromatic N) is 2. The lowest BCUT2D eigenvalue weighted by Gasteiger charge is -2.27. The van der Waals surface area contributed by atoms with Gasteiger partial charge in [0, 0.05) is 51.1 Å². The average Bonchev–Trinajstić information content (AvgIpc) is 3.39. The molecule has 0 radical (unpaired) electrons. The number of halogens is 1. The number of rotatable bonds is 4. The summed E-state index contributed by atoms with van der Waals surface area (Å²) in [6.07, 6.45) is 4.24. The Balaban J connectivity index is 1.40. The third-order valence-corrected chi connectivity index (χ3v) is 7.67. The first kappa shape index (κ1) is 16.7. The van der Waals surface area contributed by atoms with E-state index in [1.165, 1.54) is 32.3 Å². The van der Waals surface area contributed by atoms with Gasteiger partial charge >= 0.3 is 0 Å². The third kappa shape index (κ3) is 3.15. The van der Waals surface area contributed by atoms with Crippen molar-refractivity contribution in [2.75, 3.05) is 6.54 Å². The van der Waals surface area contributed by atoms with E-state index in [2.05, 4.69) is 50.1 Å². The molecule has 0 unspecified atom stereocenters. The second-order valence-corrected chi connectivity index (χ2v) is 9.31. The molecule has 0 atom stereocenters. The first-order chi connectivity index (χ1) is 12.7. The molecule has 0 spiro atoms. The highest BCUT2D eigenvalue weighted by Crippen LogP contribution is 2.36. The Morgan fingerprint density at radius 1 is 1.31 bits per heavy atom. The van der Waals surface area contributed by atoms with E-state index in [1.807, 2.05) is 11.3 Å². The minimum atomic E-state index is 0.0772. The Labute approximate surface area is 164 Å². The zero-order chi connectivity index (χ0) is 17.7. The number of benzene rings is 1. The smallest absolute Gasteiger partial charge is 0.254 e. The summed E-state index contributed by atoms with van der Waals surface area (Å²) in [6, 6.07) is 8.50. The second-order valence-electron chi connectivity index (χ2n) is 7.38. The van der Waals surface area contributed by atoms with Crippen LogP contribution in [0.1, 0.15) is 34.8 Å². The number of aromatic nitrogens is 2. The lowest BCUT2D eigenvalue weighted by atomic mass is 10.1. The maximum atomic E-state index is 12.4. The predicted octanol–water partition coefficient (Wildman–Crippen LogP) is 4.26. The number of fused-ring (bicyclic) bond motifs is 2. The predicted molar refractivity (Wildman–Crippen MR) is 109 cm³/mol. The van der Waals surface area contributed by atoms with E-state index < -0.39 is 0 Å². The van der Waals surface area contributed by atoms with Gasteiger partial charge in [0.05, 0.1) is 5.69 Å². The Kier molecular flexibility index (Phi) is 4.22. The molecule has 1 N–H and O–H groups in total. The molecule has 0 amide bonds. The van der Waals surface area contributed by atoms with E-state index in [0.717, 1.165) is 55.5 Å². The number of hydrogen-bond acceptors (Lipinski definition) is 4. The van der Waals surface area contributed by atoms with E-state index >= 15 is 0 Å². The van der Waals surface area contributed by atoms with Gasteiger partial charge in [0.15, 0.2) is 0 Å². The zero-order valence-electron chi connectivity index (χ0n) is 14.4. The Morgan fingerprint density at radius 3 is 2.96 bits per heavy atom. The van der Waals surface area contributed by atoms with Gasteiger partial charge < -0.3 is 4.98 Å². The Hall–Kier alpha value is -1.50. The van der Waals surface area contributed by atoms with Crippen LogP contribution in [0, 0.1) is 5.92 Å². The number of aromatic amines is 1. The lowest BCUT2D eigenvalue weighted by Crippen LogP contribution is -2.35. The molecule has 1 saturated carbocycles. The summed E-state index contributed by atoms with van der Waals surface area (Å²) in [5.74, 6) is 1.60. The molecular weight excluding hydrogens is 410 g/mol. The summed E-state index contributed by atoms with van der Waals surface area (Å²) in [5.41, 5.74) is 1.94. The molecule has 3 aromatic rings. The first-order valence-corrected chi connectivity index (χ1v) is 10.8. The monoisotopic (exact) mass is 429 g/mol. The summed E-state index contributed by atoms with van der Waals surface area (Å²) in [4.78, 5) is 24.0. The fourth-order valence-corrected chi connectivity index (χ4v) is 5.73. The van der Waals surface area contributed by atoms with Crippen molar-refractivity contribution >= 4 is 37.4 Å². The number of nitrogens with one attached hydrogen (secondary N) is 1.